The molecule has 0 aromatic carbocycles. The van der Waals surface area contributed by atoms with E-state index in [0.717, 1.165) is 19.0 Å². The van der Waals surface area contributed by atoms with Crippen LogP contribution in [0.3, 0.4) is 0 Å². The zero-order valence-corrected chi connectivity index (χ0v) is 8.17. The van der Waals surface area contributed by atoms with Gasteiger partial charge in [-0.2, -0.15) is 0 Å². The molecule has 1 rings (SSSR count). The highest BCUT2D eigenvalue weighted by atomic mass is 19.3. The Bertz CT molecular complexity index is 199. The van der Waals surface area contributed by atoms with Crippen LogP contribution in [0.4, 0.5) is 8.78 Å². The molecule has 1 aliphatic rings. The molecule has 14 heavy (non-hydrogen) atoms. The van der Waals surface area contributed by atoms with Crippen molar-refractivity contribution in [3.63, 3.8) is 0 Å². The Morgan fingerprint density at radius 1 is 1.64 bits per heavy atom. The highest BCUT2D eigenvalue weighted by molar-refractivity contribution is 5.81. The molecule has 0 saturated carbocycles. The fourth-order valence-corrected chi connectivity index (χ4v) is 1.13. The fraction of sp³-hybridized carbons (Fsp3) is 0.875. The summed E-state index contributed by atoms with van der Waals surface area (Å²) in [4.78, 5) is 6.16. The minimum Gasteiger partial charge on any atom is -0.374 e. The number of hydrogen-bond donors (Lipinski definition) is 1. The van der Waals surface area contributed by atoms with Crippen LogP contribution >= 0.6 is 0 Å². The van der Waals surface area contributed by atoms with Crippen molar-refractivity contribution in [3.8, 4) is 0 Å². The third-order valence-corrected chi connectivity index (χ3v) is 1.83. The zero-order valence-electron chi connectivity index (χ0n) is 8.17. The summed E-state index contributed by atoms with van der Waals surface area (Å²) in [7, 11) is 1.93. The average molecular weight is 207 g/mol. The summed E-state index contributed by atoms with van der Waals surface area (Å²) in [5.74, 6) is 0.811. The van der Waals surface area contributed by atoms with Gasteiger partial charge >= 0.3 is 0 Å². The smallest absolute Gasteiger partial charge is 0.261 e. The number of rotatable bonds is 5. The van der Waals surface area contributed by atoms with Crippen molar-refractivity contribution in [1.29, 1.82) is 0 Å². The number of guanidine groups is 1. The van der Waals surface area contributed by atoms with E-state index < -0.39 is 13.0 Å². The molecule has 0 atom stereocenters. The molecule has 1 aliphatic heterocycles. The van der Waals surface area contributed by atoms with Gasteiger partial charge in [0.1, 0.15) is 6.61 Å². The maximum Gasteiger partial charge on any atom is 0.261 e. The van der Waals surface area contributed by atoms with Crippen LogP contribution in [0.25, 0.3) is 0 Å². The lowest BCUT2D eigenvalue weighted by Gasteiger charge is -2.14. The SMILES string of the molecule is CN1CCN=C1NCCOCC(F)F. The van der Waals surface area contributed by atoms with Gasteiger partial charge in [-0.25, -0.2) is 8.78 Å². The number of likely N-dealkylation sites (N-methyl/N-ethyl adjacent to an activating group) is 1. The third-order valence-electron chi connectivity index (χ3n) is 1.83. The second-order valence-corrected chi connectivity index (χ2v) is 3.02. The van der Waals surface area contributed by atoms with Gasteiger partial charge in [0.25, 0.3) is 6.43 Å². The van der Waals surface area contributed by atoms with E-state index in [1.807, 2.05) is 11.9 Å². The first-order valence-electron chi connectivity index (χ1n) is 4.55. The van der Waals surface area contributed by atoms with Crippen molar-refractivity contribution < 1.29 is 13.5 Å². The number of halogens is 2. The molecule has 1 N–H and O–H groups in total. The molecule has 82 valence electrons. The maximum atomic E-state index is 11.6. The predicted molar refractivity (Wildman–Crippen MR) is 49.8 cm³/mol. The second kappa shape index (κ2) is 5.74. The number of ether oxygens (including phenoxy) is 1. The second-order valence-electron chi connectivity index (χ2n) is 3.02. The summed E-state index contributed by atoms with van der Waals surface area (Å²) in [6.45, 7) is 1.98. The Hall–Kier alpha value is -0.910. The van der Waals surface area contributed by atoms with E-state index in [9.17, 15) is 8.78 Å². The Kier molecular flexibility index (Phi) is 4.58. The third kappa shape index (κ3) is 3.87. The first-order valence-corrected chi connectivity index (χ1v) is 4.55. The molecule has 0 aromatic heterocycles. The van der Waals surface area contributed by atoms with Crippen LogP contribution in [0, 0.1) is 0 Å². The van der Waals surface area contributed by atoms with Gasteiger partial charge in [0.2, 0.25) is 0 Å². The van der Waals surface area contributed by atoms with Crippen LogP contribution in [0.2, 0.25) is 0 Å². The molecule has 0 saturated heterocycles. The Labute approximate surface area is 81.9 Å². The van der Waals surface area contributed by atoms with Crippen molar-refractivity contribution in [2.45, 2.75) is 6.43 Å². The Morgan fingerprint density at radius 3 is 3.00 bits per heavy atom. The summed E-state index contributed by atoms with van der Waals surface area (Å²) < 4.78 is 28.0. The molecule has 6 heteroatoms. The Morgan fingerprint density at radius 2 is 2.43 bits per heavy atom. The van der Waals surface area contributed by atoms with Gasteiger partial charge in [0.15, 0.2) is 5.96 Å². The van der Waals surface area contributed by atoms with E-state index in [2.05, 4.69) is 10.3 Å². The molecular weight excluding hydrogens is 192 g/mol. The molecule has 0 amide bonds. The van der Waals surface area contributed by atoms with Crippen molar-refractivity contribution >= 4 is 5.96 Å². The van der Waals surface area contributed by atoms with Gasteiger partial charge < -0.3 is 15.0 Å². The van der Waals surface area contributed by atoms with Crippen LogP contribution in [-0.2, 0) is 4.74 Å². The van der Waals surface area contributed by atoms with Gasteiger partial charge in [0, 0.05) is 20.1 Å². The predicted octanol–water partition coefficient (Wildman–Crippen LogP) is 0.159. The van der Waals surface area contributed by atoms with Crippen molar-refractivity contribution in [1.82, 2.24) is 10.2 Å². The maximum absolute atomic E-state index is 11.6. The molecule has 0 radical (unpaired) electrons. The highest BCUT2D eigenvalue weighted by Crippen LogP contribution is 1.94. The summed E-state index contributed by atoms with van der Waals surface area (Å²) in [5, 5.41) is 3.01. The lowest BCUT2D eigenvalue weighted by molar-refractivity contribution is 0.0196. The standard InChI is InChI=1S/C8H15F2N3O/c1-13-4-2-11-8(13)12-3-5-14-6-7(9)10/h7H,2-6H2,1H3,(H,11,12). The van der Waals surface area contributed by atoms with Gasteiger partial charge in [-0.3, -0.25) is 4.99 Å². The van der Waals surface area contributed by atoms with E-state index in [-0.39, 0.29) is 6.61 Å². The van der Waals surface area contributed by atoms with Crippen LogP contribution in [0.15, 0.2) is 4.99 Å². The molecule has 1 heterocycles. The fourth-order valence-electron chi connectivity index (χ4n) is 1.13. The Balaban J connectivity index is 1.99. The molecular formula is C8H15F2N3O. The van der Waals surface area contributed by atoms with Crippen LogP contribution in [0.5, 0.6) is 0 Å². The van der Waals surface area contributed by atoms with Crippen LogP contribution in [0.1, 0.15) is 0 Å². The van der Waals surface area contributed by atoms with Gasteiger partial charge in [-0.1, -0.05) is 0 Å². The van der Waals surface area contributed by atoms with E-state index in [0.29, 0.717) is 6.54 Å². The van der Waals surface area contributed by atoms with Gasteiger partial charge in [-0.15, -0.1) is 0 Å². The molecule has 0 fully saturated rings. The van der Waals surface area contributed by atoms with E-state index in [4.69, 9.17) is 4.74 Å². The molecule has 0 unspecified atom stereocenters. The largest absolute Gasteiger partial charge is 0.374 e. The van der Waals surface area contributed by atoms with Crippen molar-refractivity contribution in [2.75, 3.05) is 39.9 Å². The first-order chi connectivity index (χ1) is 6.70. The van der Waals surface area contributed by atoms with E-state index >= 15 is 0 Å². The van der Waals surface area contributed by atoms with Crippen molar-refractivity contribution in [2.24, 2.45) is 4.99 Å². The molecule has 0 spiro atoms. The monoisotopic (exact) mass is 207 g/mol. The quantitative estimate of drug-likeness (QED) is 0.652. The van der Waals surface area contributed by atoms with Crippen LogP contribution < -0.4 is 5.32 Å². The lowest BCUT2D eigenvalue weighted by Crippen LogP contribution is -2.37. The number of alkyl halides is 2. The number of hydrogen-bond acceptors (Lipinski definition) is 4. The normalized spacial score (nSPS) is 16.3. The number of nitrogens with zero attached hydrogens (tertiary/aromatic N) is 2. The molecule has 4 nitrogen and oxygen atoms in total. The minimum absolute atomic E-state index is 0.275. The number of nitrogens with one attached hydrogen (secondary N) is 1. The summed E-state index contributed by atoms with van der Waals surface area (Å²) in [6.07, 6.45) is -2.39. The summed E-state index contributed by atoms with van der Waals surface area (Å²) in [5.41, 5.74) is 0. The number of aliphatic imine (C=N–C) groups is 1. The lowest BCUT2D eigenvalue weighted by atomic mass is 10.6. The molecule has 0 aromatic rings. The average Bonchev–Trinajstić information content (AvgIpc) is 2.51. The summed E-state index contributed by atoms with van der Waals surface area (Å²) in [6, 6.07) is 0. The van der Waals surface area contributed by atoms with E-state index in [1.54, 1.807) is 0 Å². The highest BCUT2D eigenvalue weighted by Gasteiger charge is 2.10. The van der Waals surface area contributed by atoms with Gasteiger partial charge in [-0.05, 0) is 0 Å². The first kappa shape index (κ1) is 11.2. The summed E-state index contributed by atoms with van der Waals surface area (Å²) >= 11 is 0. The van der Waals surface area contributed by atoms with Gasteiger partial charge in [0.05, 0.1) is 13.2 Å². The molecule has 0 bridgehead atoms. The van der Waals surface area contributed by atoms with Crippen LogP contribution in [-0.4, -0.2) is 57.2 Å². The van der Waals surface area contributed by atoms with Crippen molar-refractivity contribution in [3.05, 3.63) is 0 Å². The topological polar surface area (TPSA) is 36.9 Å². The zero-order chi connectivity index (χ0) is 10.4. The molecule has 0 aliphatic carbocycles. The minimum atomic E-state index is -2.39. The van der Waals surface area contributed by atoms with E-state index in [1.165, 1.54) is 0 Å².